The Bertz CT molecular complexity index is 910. The van der Waals surface area contributed by atoms with E-state index in [-0.39, 0.29) is 17.2 Å². The van der Waals surface area contributed by atoms with Crippen LogP contribution in [0.3, 0.4) is 0 Å². The SMILES string of the molecule is O=C(N1CCC(c2nc(-c3ccc(F)cc3)no2)CC1)C12CC3CC(CC(C3)C1)C2. The van der Waals surface area contributed by atoms with Gasteiger partial charge in [0, 0.05) is 24.6 Å². The molecule has 0 spiro atoms. The molecule has 1 amide bonds. The molecule has 2 heterocycles. The topological polar surface area (TPSA) is 59.2 Å². The lowest BCUT2D eigenvalue weighted by Crippen LogP contribution is -2.55. The average molecular weight is 410 g/mol. The molecule has 4 bridgehead atoms. The highest BCUT2D eigenvalue weighted by Gasteiger charge is 2.55. The van der Waals surface area contributed by atoms with Crippen LogP contribution in [-0.4, -0.2) is 34.0 Å². The van der Waals surface area contributed by atoms with Gasteiger partial charge in [-0.2, -0.15) is 4.98 Å². The van der Waals surface area contributed by atoms with Crippen LogP contribution in [0.25, 0.3) is 11.4 Å². The molecule has 5 fully saturated rings. The number of aromatic nitrogens is 2. The zero-order chi connectivity index (χ0) is 20.3. The summed E-state index contributed by atoms with van der Waals surface area (Å²) in [5, 5.41) is 4.08. The van der Waals surface area contributed by atoms with E-state index in [4.69, 9.17) is 4.52 Å². The molecule has 2 aromatic rings. The van der Waals surface area contributed by atoms with Crippen LogP contribution in [0.4, 0.5) is 4.39 Å². The van der Waals surface area contributed by atoms with Crippen LogP contribution in [0.5, 0.6) is 0 Å². The summed E-state index contributed by atoms with van der Waals surface area (Å²) < 4.78 is 18.7. The van der Waals surface area contributed by atoms with Gasteiger partial charge >= 0.3 is 0 Å². The Labute approximate surface area is 176 Å². The van der Waals surface area contributed by atoms with Crippen LogP contribution in [-0.2, 0) is 4.79 Å². The molecule has 5 nitrogen and oxygen atoms in total. The minimum absolute atomic E-state index is 0.0537. The first-order chi connectivity index (χ1) is 14.6. The Morgan fingerprint density at radius 2 is 1.60 bits per heavy atom. The van der Waals surface area contributed by atoms with Crippen molar-refractivity contribution in [2.75, 3.05) is 13.1 Å². The second kappa shape index (κ2) is 6.89. The summed E-state index contributed by atoms with van der Waals surface area (Å²) in [6, 6.07) is 6.13. The zero-order valence-electron chi connectivity index (χ0n) is 17.2. The van der Waals surface area contributed by atoms with Crippen molar-refractivity contribution in [1.82, 2.24) is 15.0 Å². The summed E-state index contributed by atoms with van der Waals surface area (Å²) in [5.74, 6) is 3.85. The van der Waals surface area contributed by atoms with E-state index in [1.165, 1.54) is 31.4 Å². The largest absolute Gasteiger partial charge is 0.342 e. The van der Waals surface area contributed by atoms with Gasteiger partial charge in [0.25, 0.3) is 0 Å². The Kier molecular flexibility index (Phi) is 4.26. The molecule has 5 aliphatic rings. The molecule has 1 aromatic carbocycles. The summed E-state index contributed by atoms with van der Waals surface area (Å²) in [6.07, 6.45) is 9.20. The van der Waals surface area contributed by atoms with Gasteiger partial charge in [0.05, 0.1) is 5.41 Å². The van der Waals surface area contributed by atoms with Gasteiger partial charge in [-0.1, -0.05) is 5.16 Å². The molecular formula is C24H28FN3O2. The molecule has 0 atom stereocenters. The molecule has 0 radical (unpaired) electrons. The predicted octanol–water partition coefficient (Wildman–Crippen LogP) is 4.80. The van der Waals surface area contributed by atoms with Crippen molar-refractivity contribution in [3.8, 4) is 11.4 Å². The number of hydrogen-bond donors (Lipinski definition) is 0. The van der Waals surface area contributed by atoms with E-state index in [1.807, 2.05) is 0 Å². The fourth-order valence-corrected chi connectivity index (χ4v) is 7.15. The maximum absolute atomic E-state index is 13.6. The Morgan fingerprint density at radius 3 is 2.20 bits per heavy atom. The van der Waals surface area contributed by atoms with E-state index < -0.39 is 0 Å². The van der Waals surface area contributed by atoms with Crippen LogP contribution in [0.2, 0.25) is 0 Å². The minimum Gasteiger partial charge on any atom is -0.342 e. The molecule has 158 valence electrons. The second-order valence-electron chi connectivity index (χ2n) is 10.2. The lowest BCUT2D eigenvalue weighted by molar-refractivity contribution is -0.158. The first kappa shape index (κ1) is 18.5. The summed E-state index contributed by atoms with van der Waals surface area (Å²) in [7, 11) is 0. The number of carbonyl (C=O) groups excluding carboxylic acids is 1. The van der Waals surface area contributed by atoms with Crippen LogP contribution >= 0.6 is 0 Å². The van der Waals surface area contributed by atoms with E-state index in [9.17, 15) is 9.18 Å². The summed E-state index contributed by atoms with van der Waals surface area (Å²) in [4.78, 5) is 20.2. The quantitative estimate of drug-likeness (QED) is 0.731. The van der Waals surface area contributed by atoms with Crippen LogP contribution in [0.15, 0.2) is 28.8 Å². The normalized spacial score (nSPS) is 33.2. The number of halogens is 1. The van der Waals surface area contributed by atoms with E-state index in [0.29, 0.717) is 17.6 Å². The van der Waals surface area contributed by atoms with Gasteiger partial charge in [-0.15, -0.1) is 0 Å². The number of rotatable bonds is 3. The third-order valence-corrected chi connectivity index (χ3v) is 8.17. The first-order valence-corrected chi connectivity index (χ1v) is 11.5. The molecule has 0 N–H and O–H groups in total. The second-order valence-corrected chi connectivity index (χ2v) is 10.2. The van der Waals surface area contributed by atoms with Gasteiger partial charge in [0.2, 0.25) is 17.6 Å². The van der Waals surface area contributed by atoms with Gasteiger partial charge in [-0.25, -0.2) is 4.39 Å². The summed E-state index contributed by atoms with van der Waals surface area (Å²) >= 11 is 0. The van der Waals surface area contributed by atoms with E-state index in [1.54, 1.807) is 12.1 Å². The van der Waals surface area contributed by atoms with E-state index in [2.05, 4.69) is 15.0 Å². The van der Waals surface area contributed by atoms with Gasteiger partial charge in [-0.05, 0) is 93.4 Å². The number of carbonyl (C=O) groups is 1. The van der Waals surface area contributed by atoms with Crippen LogP contribution in [0, 0.1) is 29.0 Å². The van der Waals surface area contributed by atoms with E-state index >= 15 is 0 Å². The van der Waals surface area contributed by atoms with Gasteiger partial charge in [0.1, 0.15) is 5.82 Å². The maximum atomic E-state index is 13.6. The highest BCUT2D eigenvalue weighted by molar-refractivity contribution is 5.83. The number of benzene rings is 1. The fourth-order valence-electron chi connectivity index (χ4n) is 7.15. The molecule has 1 aromatic heterocycles. The number of piperidine rings is 1. The van der Waals surface area contributed by atoms with Crippen molar-refractivity contribution in [3.05, 3.63) is 36.0 Å². The highest BCUT2D eigenvalue weighted by atomic mass is 19.1. The van der Waals surface area contributed by atoms with Gasteiger partial charge in [-0.3, -0.25) is 4.79 Å². The molecule has 30 heavy (non-hydrogen) atoms. The minimum atomic E-state index is -0.279. The molecule has 1 saturated heterocycles. The molecule has 4 saturated carbocycles. The van der Waals surface area contributed by atoms with Crippen molar-refractivity contribution in [1.29, 1.82) is 0 Å². The summed E-state index contributed by atoms with van der Waals surface area (Å²) in [5.41, 5.74) is 0.697. The van der Waals surface area contributed by atoms with E-state index in [0.717, 1.165) is 68.5 Å². The molecule has 1 aliphatic heterocycles. The van der Waals surface area contributed by atoms with Crippen LogP contribution in [0.1, 0.15) is 63.2 Å². The molecule has 4 aliphatic carbocycles. The smallest absolute Gasteiger partial charge is 0.230 e. The first-order valence-electron chi connectivity index (χ1n) is 11.5. The fraction of sp³-hybridized carbons (Fsp3) is 0.625. The third-order valence-electron chi connectivity index (χ3n) is 8.17. The zero-order valence-corrected chi connectivity index (χ0v) is 17.2. The lowest BCUT2D eigenvalue weighted by atomic mass is 9.49. The maximum Gasteiger partial charge on any atom is 0.230 e. The van der Waals surface area contributed by atoms with Crippen LogP contribution < -0.4 is 0 Å². The van der Waals surface area contributed by atoms with Crippen molar-refractivity contribution in [2.45, 2.75) is 57.3 Å². The van der Waals surface area contributed by atoms with Crippen molar-refractivity contribution < 1.29 is 13.7 Å². The lowest BCUT2D eigenvalue weighted by Gasteiger charge is -2.57. The Hall–Kier alpha value is -2.24. The number of hydrogen-bond acceptors (Lipinski definition) is 4. The molecular weight excluding hydrogens is 381 g/mol. The molecule has 6 heteroatoms. The highest BCUT2D eigenvalue weighted by Crippen LogP contribution is 2.60. The number of likely N-dealkylation sites (tertiary alicyclic amines) is 1. The van der Waals surface area contributed by atoms with Gasteiger partial charge < -0.3 is 9.42 Å². The summed E-state index contributed by atoms with van der Waals surface area (Å²) in [6.45, 7) is 1.55. The number of nitrogens with zero attached hydrogens (tertiary/aromatic N) is 3. The third kappa shape index (κ3) is 3.07. The molecule has 7 rings (SSSR count). The molecule has 0 unspecified atom stereocenters. The van der Waals surface area contributed by atoms with Crippen molar-refractivity contribution in [2.24, 2.45) is 23.2 Å². The average Bonchev–Trinajstić information content (AvgIpc) is 3.23. The Balaban J connectivity index is 1.12. The Morgan fingerprint density at radius 1 is 1.00 bits per heavy atom. The number of amides is 1. The van der Waals surface area contributed by atoms with Crippen molar-refractivity contribution >= 4 is 5.91 Å². The van der Waals surface area contributed by atoms with Crippen molar-refractivity contribution in [3.63, 3.8) is 0 Å². The standard InChI is InChI=1S/C24H28FN3O2/c25-20-3-1-18(2-4-20)21-26-22(30-27-21)19-5-7-28(8-6-19)23(29)24-12-15-9-16(13-24)11-17(10-15)14-24/h1-4,15-17,19H,5-14H2. The monoisotopic (exact) mass is 409 g/mol. The predicted molar refractivity (Wildman–Crippen MR) is 109 cm³/mol. The van der Waals surface area contributed by atoms with Gasteiger partial charge in [0.15, 0.2) is 0 Å².